The predicted molar refractivity (Wildman–Crippen MR) is 43.1 cm³/mol. The number of thioether (sulfide) groups is 1. The maximum absolute atomic E-state index is 9.29. The molecule has 0 saturated carbocycles. The Morgan fingerprint density at radius 2 is 2.20 bits per heavy atom. The van der Waals surface area contributed by atoms with Gasteiger partial charge in [-0.1, -0.05) is 0 Å². The van der Waals surface area contributed by atoms with Crippen LogP contribution >= 0.6 is 11.8 Å². The first-order valence-corrected chi connectivity index (χ1v) is 4.87. The molecular weight excluding hydrogens is 148 g/mol. The second-order valence-electron chi connectivity index (χ2n) is 2.74. The van der Waals surface area contributed by atoms with Crippen molar-refractivity contribution >= 4 is 11.8 Å². The Kier molecular flexibility index (Phi) is 3.01. The molecule has 1 N–H and O–H groups in total. The molecule has 0 aromatic rings. The summed E-state index contributed by atoms with van der Waals surface area (Å²) in [6.45, 7) is 2.01. The lowest BCUT2D eigenvalue weighted by Crippen LogP contribution is -2.31. The summed E-state index contributed by atoms with van der Waals surface area (Å²) in [5.41, 5.74) is 0.207. The molecule has 0 amide bonds. The molecule has 0 aromatic carbocycles. The molecule has 0 bridgehead atoms. The topological polar surface area (TPSA) is 29.5 Å². The fraction of sp³-hybridized carbons (Fsp3) is 1.00. The Morgan fingerprint density at radius 3 is 2.70 bits per heavy atom. The van der Waals surface area contributed by atoms with Gasteiger partial charge in [-0.15, -0.1) is 11.8 Å². The van der Waals surface area contributed by atoms with E-state index in [2.05, 4.69) is 0 Å². The summed E-state index contributed by atoms with van der Waals surface area (Å²) < 4.78 is 5.51. The van der Waals surface area contributed by atoms with E-state index in [9.17, 15) is 5.11 Å². The van der Waals surface area contributed by atoms with E-state index < -0.39 is 0 Å². The van der Waals surface area contributed by atoms with Crippen molar-refractivity contribution in [1.82, 2.24) is 0 Å². The van der Waals surface area contributed by atoms with Crippen molar-refractivity contribution in [2.75, 3.05) is 6.26 Å². The molecular formula is C7H14O2S. The molecule has 10 heavy (non-hydrogen) atoms. The summed E-state index contributed by atoms with van der Waals surface area (Å²) in [5.74, 6) is 0. The molecule has 1 aliphatic heterocycles. The van der Waals surface area contributed by atoms with Crippen LogP contribution in [0.25, 0.3) is 0 Å². The van der Waals surface area contributed by atoms with Crippen LogP contribution in [0.4, 0.5) is 0 Å². The van der Waals surface area contributed by atoms with Gasteiger partial charge in [-0.25, -0.2) is 0 Å². The van der Waals surface area contributed by atoms with Crippen LogP contribution in [0, 0.1) is 0 Å². The van der Waals surface area contributed by atoms with Crippen LogP contribution in [0.2, 0.25) is 0 Å². The zero-order valence-corrected chi connectivity index (χ0v) is 7.23. The minimum atomic E-state index is -0.152. The highest BCUT2D eigenvalue weighted by Gasteiger charge is 2.24. The van der Waals surface area contributed by atoms with Gasteiger partial charge in [0.1, 0.15) is 5.44 Å². The van der Waals surface area contributed by atoms with Crippen LogP contribution < -0.4 is 0 Å². The number of ether oxygens (including phenoxy) is 1. The van der Waals surface area contributed by atoms with Crippen molar-refractivity contribution in [1.29, 1.82) is 0 Å². The number of rotatable bonds is 1. The zero-order valence-electron chi connectivity index (χ0n) is 6.41. The van der Waals surface area contributed by atoms with Crippen LogP contribution in [0.1, 0.15) is 19.8 Å². The van der Waals surface area contributed by atoms with Crippen molar-refractivity contribution in [3.05, 3.63) is 0 Å². The zero-order chi connectivity index (χ0) is 7.56. The third-order valence-corrected chi connectivity index (χ3v) is 2.54. The number of hydrogen-bond acceptors (Lipinski definition) is 3. The molecule has 1 fully saturated rings. The third kappa shape index (κ3) is 2.15. The molecule has 3 heteroatoms. The van der Waals surface area contributed by atoms with E-state index in [0.29, 0.717) is 0 Å². The molecule has 0 spiro atoms. The Hall–Kier alpha value is 0.270. The van der Waals surface area contributed by atoms with Gasteiger partial charge in [0.2, 0.25) is 0 Å². The minimum Gasteiger partial charge on any atom is -0.393 e. The van der Waals surface area contributed by atoms with Gasteiger partial charge < -0.3 is 9.84 Å². The first kappa shape index (κ1) is 8.37. The lowest BCUT2D eigenvalue weighted by atomic mass is 10.1. The standard InChI is InChI=1S/C7H14O2S/c1-5-3-6(8)4-7(9-5)10-2/h5-8H,3-4H2,1-2H3. The Balaban J connectivity index is 2.35. The van der Waals surface area contributed by atoms with E-state index in [-0.39, 0.29) is 17.6 Å². The minimum absolute atomic E-state index is 0.152. The predicted octanol–water partition coefficient (Wildman–Crippen LogP) is 1.24. The van der Waals surface area contributed by atoms with Gasteiger partial charge in [-0.2, -0.15) is 0 Å². The quantitative estimate of drug-likeness (QED) is 0.629. The first-order chi connectivity index (χ1) is 4.72. The van der Waals surface area contributed by atoms with Crippen molar-refractivity contribution in [2.24, 2.45) is 0 Å². The van der Waals surface area contributed by atoms with Gasteiger partial charge in [0.15, 0.2) is 0 Å². The molecule has 1 aliphatic rings. The van der Waals surface area contributed by atoms with Crippen molar-refractivity contribution in [3.8, 4) is 0 Å². The summed E-state index contributed by atoms with van der Waals surface area (Å²) in [5, 5.41) is 9.29. The van der Waals surface area contributed by atoms with E-state index in [4.69, 9.17) is 4.74 Å². The largest absolute Gasteiger partial charge is 0.393 e. The van der Waals surface area contributed by atoms with Gasteiger partial charge in [0, 0.05) is 6.42 Å². The highest BCUT2D eigenvalue weighted by atomic mass is 32.2. The normalized spacial score (nSPS) is 41.7. The van der Waals surface area contributed by atoms with Crippen LogP contribution in [-0.2, 0) is 4.74 Å². The Bertz CT molecular complexity index is 97.8. The summed E-state index contributed by atoms with van der Waals surface area (Å²) >= 11 is 1.67. The Labute approximate surface area is 66.0 Å². The Morgan fingerprint density at radius 1 is 1.50 bits per heavy atom. The van der Waals surface area contributed by atoms with Gasteiger partial charge in [0.25, 0.3) is 0 Å². The van der Waals surface area contributed by atoms with Gasteiger partial charge in [-0.05, 0) is 19.6 Å². The summed E-state index contributed by atoms with van der Waals surface area (Å²) in [6, 6.07) is 0. The smallest absolute Gasteiger partial charge is 0.105 e. The SMILES string of the molecule is CSC1CC(O)CC(C)O1. The van der Waals surface area contributed by atoms with E-state index in [1.807, 2.05) is 13.2 Å². The van der Waals surface area contributed by atoms with Crippen LogP contribution in [0.3, 0.4) is 0 Å². The van der Waals surface area contributed by atoms with Crippen LogP contribution in [-0.4, -0.2) is 29.0 Å². The maximum Gasteiger partial charge on any atom is 0.105 e. The molecule has 1 rings (SSSR count). The molecule has 3 unspecified atom stereocenters. The van der Waals surface area contributed by atoms with E-state index in [0.717, 1.165) is 12.8 Å². The molecule has 0 radical (unpaired) electrons. The lowest BCUT2D eigenvalue weighted by Gasteiger charge is -2.29. The van der Waals surface area contributed by atoms with Gasteiger partial charge in [-0.3, -0.25) is 0 Å². The van der Waals surface area contributed by atoms with Crippen molar-refractivity contribution in [2.45, 2.75) is 37.4 Å². The average molecular weight is 162 g/mol. The van der Waals surface area contributed by atoms with Gasteiger partial charge >= 0.3 is 0 Å². The molecule has 2 nitrogen and oxygen atoms in total. The van der Waals surface area contributed by atoms with Gasteiger partial charge in [0.05, 0.1) is 12.2 Å². The first-order valence-electron chi connectivity index (χ1n) is 3.58. The highest BCUT2D eigenvalue weighted by Crippen LogP contribution is 2.25. The van der Waals surface area contributed by atoms with Crippen LogP contribution in [0.5, 0.6) is 0 Å². The second-order valence-corrected chi connectivity index (χ2v) is 3.73. The molecule has 0 aliphatic carbocycles. The molecule has 0 aromatic heterocycles. The molecule has 1 heterocycles. The fourth-order valence-corrected chi connectivity index (χ4v) is 1.94. The summed E-state index contributed by atoms with van der Waals surface area (Å²) in [7, 11) is 0. The number of hydrogen-bond donors (Lipinski definition) is 1. The van der Waals surface area contributed by atoms with E-state index in [1.165, 1.54) is 0 Å². The molecule has 1 saturated heterocycles. The summed E-state index contributed by atoms with van der Waals surface area (Å²) in [4.78, 5) is 0. The molecule has 60 valence electrons. The third-order valence-electron chi connectivity index (χ3n) is 1.72. The maximum atomic E-state index is 9.29. The second kappa shape index (κ2) is 3.60. The molecule has 3 atom stereocenters. The summed E-state index contributed by atoms with van der Waals surface area (Å²) in [6.07, 6.45) is 3.65. The van der Waals surface area contributed by atoms with E-state index >= 15 is 0 Å². The van der Waals surface area contributed by atoms with Crippen molar-refractivity contribution in [3.63, 3.8) is 0 Å². The highest BCUT2D eigenvalue weighted by molar-refractivity contribution is 7.99. The fourth-order valence-electron chi connectivity index (χ4n) is 1.22. The number of aliphatic hydroxyl groups excluding tert-OH is 1. The monoisotopic (exact) mass is 162 g/mol. The number of aliphatic hydroxyl groups is 1. The average Bonchev–Trinajstić information content (AvgIpc) is 1.85. The lowest BCUT2D eigenvalue weighted by molar-refractivity contribution is -0.0498. The van der Waals surface area contributed by atoms with Crippen LogP contribution in [0.15, 0.2) is 0 Å². The van der Waals surface area contributed by atoms with E-state index in [1.54, 1.807) is 11.8 Å². The van der Waals surface area contributed by atoms with Crippen molar-refractivity contribution < 1.29 is 9.84 Å².